The number of hydrogen-bond donors (Lipinski definition) is 1. The molecule has 0 spiro atoms. The van der Waals surface area contributed by atoms with Crippen LogP contribution in [0, 0.1) is 0 Å². The molecule has 0 aromatic heterocycles. The van der Waals surface area contributed by atoms with E-state index in [4.69, 9.17) is 5.73 Å². The Hall–Kier alpha value is -0.560. The Balaban J connectivity index is 0.00000242. The number of nitrogens with zero attached hydrogens (tertiary/aromatic N) is 3. The highest BCUT2D eigenvalue weighted by Crippen LogP contribution is 2.10. The first-order valence-electron chi connectivity index (χ1n) is 8.10. The quantitative estimate of drug-likeness (QED) is 0.776. The standard InChI is InChI=1S/C15H28N4O2.2ClH/c1-13(16)4-5-14(20)18-8-10-19(11-9-18)15(21)12-17-6-2-3-7-17;;/h13H,2-12,16H2,1H3;2*1H. The van der Waals surface area contributed by atoms with Gasteiger partial charge in [0, 0.05) is 38.6 Å². The molecule has 2 amide bonds. The third-order valence-corrected chi connectivity index (χ3v) is 4.36. The van der Waals surface area contributed by atoms with Crippen molar-refractivity contribution in [2.24, 2.45) is 5.73 Å². The first-order chi connectivity index (χ1) is 10.1. The van der Waals surface area contributed by atoms with Crippen molar-refractivity contribution in [2.45, 2.75) is 38.6 Å². The van der Waals surface area contributed by atoms with E-state index in [9.17, 15) is 9.59 Å². The van der Waals surface area contributed by atoms with Crippen LogP contribution in [0.4, 0.5) is 0 Å². The number of piperazine rings is 1. The highest BCUT2D eigenvalue weighted by Gasteiger charge is 2.25. The molecule has 0 aromatic rings. The van der Waals surface area contributed by atoms with E-state index >= 15 is 0 Å². The van der Waals surface area contributed by atoms with E-state index in [1.54, 1.807) is 0 Å². The van der Waals surface area contributed by atoms with E-state index in [1.807, 2.05) is 16.7 Å². The van der Waals surface area contributed by atoms with E-state index < -0.39 is 0 Å². The Bertz CT molecular complexity index is 368. The fraction of sp³-hybridized carbons (Fsp3) is 0.867. The van der Waals surface area contributed by atoms with Gasteiger partial charge in [0.25, 0.3) is 0 Å². The van der Waals surface area contributed by atoms with Crippen LogP contribution in [0.1, 0.15) is 32.6 Å². The van der Waals surface area contributed by atoms with Gasteiger partial charge in [-0.25, -0.2) is 0 Å². The normalized spacial score (nSPS) is 19.7. The lowest BCUT2D eigenvalue weighted by molar-refractivity contribution is -0.140. The molecule has 2 rings (SSSR count). The molecule has 0 aromatic carbocycles. The minimum absolute atomic E-state index is 0. The predicted molar refractivity (Wildman–Crippen MR) is 96.2 cm³/mol. The number of carbonyl (C=O) groups is 2. The number of likely N-dealkylation sites (tertiary alicyclic amines) is 1. The molecular formula is C15H30Cl2N4O2. The summed E-state index contributed by atoms with van der Waals surface area (Å²) in [5, 5.41) is 0. The molecule has 8 heteroatoms. The zero-order valence-electron chi connectivity index (χ0n) is 13.9. The van der Waals surface area contributed by atoms with Gasteiger partial charge in [0.1, 0.15) is 0 Å². The summed E-state index contributed by atoms with van der Waals surface area (Å²) in [7, 11) is 0. The highest BCUT2D eigenvalue weighted by atomic mass is 35.5. The second-order valence-corrected chi connectivity index (χ2v) is 6.26. The van der Waals surface area contributed by atoms with Crippen molar-refractivity contribution >= 4 is 36.6 Å². The molecule has 23 heavy (non-hydrogen) atoms. The Kier molecular flexibility index (Phi) is 10.8. The molecule has 2 saturated heterocycles. The molecule has 0 aliphatic carbocycles. The Labute approximate surface area is 151 Å². The second kappa shape index (κ2) is 11.1. The monoisotopic (exact) mass is 368 g/mol. The molecule has 1 atom stereocenters. The van der Waals surface area contributed by atoms with Gasteiger partial charge >= 0.3 is 0 Å². The van der Waals surface area contributed by atoms with Gasteiger partial charge < -0.3 is 15.5 Å². The Morgan fingerprint density at radius 1 is 0.913 bits per heavy atom. The molecule has 0 radical (unpaired) electrons. The maximum Gasteiger partial charge on any atom is 0.236 e. The molecule has 136 valence electrons. The smallest absolute Gasteiger partial charge is 0.236 e. The number of halogens is 2. The third-order valence-electron chi connectivity index (χ3n) is 4.36. The van der Waals surface area contributed by atoms with Crippen LogP contribution in [0.5, 0.6) is 0 Å². The molecule has 2 N–H and O–H groups in total. The van der Waals surface area contributed by atoms with Crippen LogP contribution in [0.25, 0.3) is 0 Å². The summed E-state index contributed by atoms with van der Waals surface area (Å²) in [6.07, 6.45) is 3.65. The van der Waals surface area contributed by atoms with Gasteiger partial charge in [-0.1, -0.05) is 0 Å². The largest absolute Gasteiger partial charge is 0.339 e. The zero-order valence-corrected chi connectivity index (χ0v) is 15.5. The maximum atomic E-state index is 12.2. The first-order valence-corrected chi connectivity index (χ1v) is 8.10. The number of carbonyl (C=O) groups excluding carboxylic acids is 2. The fourth-order valence-electron chi connectivity index (χ4n) is 2.95. The van der Waals surface area contributed by atoms with Gasteiger partial charge in [0.2, 0.25) is 11.8 Å². The van der Waals surface area contributed by atoms with Gasteiger partial charge in [-0.2, -0.15) is 0 Å². The number of nitrogens with two attached hydrogens (primary N) is 1. The van der Waals surface area contributed by atoms with E-state index in [0.29, 0.717) is 39.1 Å². The SMILES string of the molecule is CC(N)CCC(=O)N1CCN(C(=O)CN2CCCC2)CC1.Cl.Cl. The number of rotatable bonds is 5. The van der Waals surface area contributed by atoms with Crippen molar-refractivity contribution in [1.29, 1.82) is 0 Å². The van der Waals surface area contributed by atoms with Crippen LogP contribution < -0.4 is 5.73 Å². The van der Waals surface area contributed by atoms with E-state index in [2.05, 4.69) is 4.90 Å². The van der Waals surface area contributed by atoms with Crippen molar-refractivity contribution in [3.05, 3.63) is 0 Å². The van der Waals surface area contributed by atoms with Crippen molar-refractivity contribution in [2.75, 3.05) is 45.8 Å². The summed E-state index contributed by atoms with van der Waals surface area (Å²) >= 11 is 0. The molecule has 2 fully saturated rings. The summed E-state index contributed by atoms with van der Waals surface area (Å²) < 4.78 is 0. The molecule has 2 heterocycles. The van der Waals surface area contributed by atoms with Gasteiger partial charge in [-0.05, 0) is 39.3 Å². The topological polar surface area (TPSA) is 69.9 Å². The third kappa shape index (κ3) is 7.25. The second-order valence-electron chi connectivity index (χ2n) is 6.26. The summed E-state index contributed by atoms with van der Waals surface area (Å²) in [6.45, 7) is 7.18. The van der Waals surface area contributed by atoms with Crippen LogP contribution in [-0.2, 0) is 9.59 Å². The Morgan fingerprint density at radius 3 is 1.87 bits per heavy atom. The van der Waals surface area contributed by atoms with Gasteiger partial charge in [0.05, 0.1) is 6.54 Å². The van der Waals surface area contributed by atoms with Crippen molar-refractivity contribution in [3.63, 3.8) is 0 Å². The van der Waals surface area contributed by atoms with Gasteiger partial charge in [0.15, 0.2) is 0 Å². The van der Waals surface area contributed by atoms with E-state index in [1.165, 1.54) is 12.8 Å². The molecule has 6 nitrogen and oxygen atoms in total. The molecule has 1 unspecified atom stereocenters. The van der Waals surface area contributed by atoms with Crippen LogP contribution in [0.2, 0.25) is 0 Å². The predicted octanol–water partition coefficient (Wildman–Crippen LogP) is 0.724. The summed E-state index contributed by atoms with van der Waals surface area (Å²) in [4.78, 5) is 30.2. The molecule has 0 saturated carbocycles. The average Bonchev–Trinajstić information content (AvgIpc) is 2.97. The van der Waals surface area contributed by atoms with Gasteiger partial charge in [-0.15, -0.1) is 24.8 Å². The van der Waals surface area contributed by atoms with E-state index in [0.717, 1.165) is 19.5 Å². The molecular weight excluding hydrogens is 339 g/mol. The zero-order chi connectivity index (χ0) is 15.2. The van der Waals surface area contributed by atoms with Crippen molar-refractivity contribution < 1.29 is 9.59 Å². The molecule has 2 aliphatic rings. The lowest BCUT2D eigenvalue weighted by atomic mass is 10.1. The lowest BCUT2D eigenvalue weighted by Crippen LogP contribution is -2.52. The number of hydrogen-bond acceptors (Lipinski definition) is 4. The van der Waals surface area contributed by atoms with Crippen LogP contribution in [-0.4, -0.2) is 78.4 Å². The van der Waals surface area contributed by atoms with E-state index in [-0.39, 0.29) is 42.7 Å². The highest BCUT2D eigenvalue weighted by molar-refractivity contribution is 5.85. The average molecular weight is 369 g/mol. The first kappa shape index (κ1) is 22.4. The minimum atomic E-state index is 0. The maximum absolute atomic E-state index is 12.2. The van der Waals surface area contributed by atoms with Crippen LogP contribution in [0.3, 0.4) is 0 Å². The van der Waals surface area contributed by atoms with Gasteiger partial charge in [-0.3, -0.25) is 14.5 Å². The fourth-order valence-corrected chi connectivity index (χ4v) is 2.95. The summed E-state index contributed by atoms with van der Waals surface area (Å²) in [5.41, 5.74) is 5.68. The molecule has 0 bridgehead atoms. The van der Waals surface area contributed by atoms with Crippen LogP contribution in [0.15, 0.2) is 0 Å². The molecule has 2 aliphatic heterocycles. The summed E-state index contributed by atoms with van der Waals surface area (Å²) in [5.74, 6) is 0.374. The lowest BCUT2D eigenvalue weighted by Gasteiger charge is -2.35. The van der Waals surface area contributed by atoms with Crippen molar-refractivity contribution in [3.8, 4) is 0 Å². The Morgan fingerprint density at radius 2 is 1.39 bits per heavy atom. The summed E-state index contributed by atoms with van der Waals surface area (Å²) in [6, 6.07) is 0.0669. The number of amides is 2. The van der Waals surface area contributed by atoms with Crippen molar-refractivity contribution in [1.82, 2.24) is 14.7 Å². The van der Waals surface area contributed by atoms with Crippen LogP contribution >= 0.6 is 24.8 Å². The minimum Gasteiger partial charge on any atom is -0.339 e.